The number of ether oxygens (including phenoxy) is 1. The third-order valence-electron chi connectivity index (χ3n) is 1.81. The molecule has 1 aromatic carbocycles. The summed E-state index contributed by atoms with van der Waals surface area (Å²) in [7, 11) is 1.44. The summed E-state index contributed by atoms with van der Waals surface area (Å²) in [6.45, 7) is 0.837. The molecule has 2 nitrogen and oxygen atoms in total. The number of benzene rings is 1. The molecule has 1 rings (SSSR count). The molecule has 0 saturated heterocycles. The van der Waals surface area contributed by atoms with E-state index in [1.807, 2.05) is 0 Å². The number of terminal acetylenes is 1. The fourth-order valence-corrected chi connectivity index (χ4v) is 1.12. The molecule has 0 aromatic heterocycles. The van der Waals surface area contributed by atoms with Crippen LogP contribution < -0.4 is 10.1 Å². The van der Waals surface area contributed by atoms with E-state index in [9.17, 15) is 4.39 Å². The van der Waals surface area contributed by atoms with Crippen LogP contribution in [0.1, 0.15) is 5.56 Å². The van der Waals surface area contributed by atoms with Crippen molar-refractivity contribution < 1.29 is 9.13 Å². The van der Waals surface area contributed by atoms with Gasteiger partial charge in [0.2, 0.25) is 0 Å². The smallest absolute Gasteiger partial charge is 0.169 e. The van der Waals surface area contributed by atoms with E-state index >= 15 is 0 Å². The number of hydrogen-bond donors (Lipinski definition) is 1. The SMILES string of the molecule is C#CCNCc1cccc(OC)c1F. The lowest BCUT2D eigenvalue weighted by molar-refractivity contribution is 0.383. The Hall–Kier alpha value is -1.53. The van der Waals surface area contributed by atoms with Crippen molar-refractivity contribution in [2.45, 2.75) is 6.54 Å². The lowest BCUT2D eigenvalue weighted by Crippen LogP contribution is -2.14. The van der Waals surface area contributed by atoms with Crippen LogP contribution in [0.5, 0.6) is 5.75 Å². The molecule has 0 spiro atoms. The Balaban J connectivity index is 2.72. The van der Waals surface area contributed by atoms with E-state index in [0.717, 1.165) is 0 Å². The third-order valence-corrected chi connectivity index (χ3v) is 1.81. The Morgan fingerprint density at radius 1 is 1.57 bits per heavy atom. The van der Waals surface area contributed by atoms with Gasteiger partial charge in [-0.1, -0.05) is 18.1 Å². The minimum Gasteiger partial charge on any atom is -0.494 e. The van der Waals surface area contributed by atoms with Crippen LogP contribution in [0.3, 0.4) is 0 Å². The minimum atomic E-state index is -0.334. The molecule has 0 amide bonds. The van der Waals surface area contributed by atoms with Gasteiger partial charge in [0, 0.05) is 12.1 Å². The van der Waals surface area contributed by atoms with Crippen LogP contribution in [0.25, 0.3) is 0 Å². The van der Waals surface area contributed by atoms with Crippen LogP contribution in [0.15, 0.2) is 18.2 Å². The number of methoxy groups -OCH3 is 1. The van der Waals surface area contributed by atoms with Gasteiger partial charge in [0.15, 0.2) is 11.6 Å². The van der Waals surface area contributed by atoms with Gasteiger partial charge >= 0.3 is 0 Å². The molecule has 0 aliphatic heterocycles. The van der Waals surface area contributed by atoms with Crippen molar-refractivity contribution in [2.75, 3.05) is 13.7 Å². The predicted octanol–water partition coefficient (Wildman–Crippen LogP) is 1.56. The van der Waals surface area contributed by atoms with E-state index in [1.165, 1.54) is 7.11 Å². The van der Waals surface area contributed by atoms with Crippen molar-refractivity contribution in [3.8, 4) is 18.1 Å². The van der Waals surface area contributed by atoms with E-state index in [1.54, 1.807) is 18.2 Å². The predicted molar refractivity (Wildman–Crippen MR) is 53.5 cm³/mol. The summed E-state index contributed by atoms with van der Waals surface area (Å²) < 4.78 is 18.3. The number of hydrogen-bond acceptors (Lipinski definition) is 2. The molecule has 14 heavy (non-hydrogen) atoms. The topological polar surface area (TPSA) is 21.3 Å². The standard InChI is InChI=1S/C11H12FNO/c1-3-7-13-8-9-5-4-6-10(14-2)11(9)12/h1,4-6,13H,7-8H2,2H3. The van der Waals surface area contributed by atoms with E-state index < -0.39 is 0 Å². The molecule has 0 saturated carbocycles. The molecule has 0 bridgehead atoms. The first-order valence-corrected chi connectivity index (χ1v) is 4.25. The van der Waals surface area contributed by atoms with E-state index in [4.69, 9.17) is 11.2 Å². The summed E-state index contributed by atoms with van der Waals surface area (Å²) in [6.07, 6.45) is 5.06. The van der Waals surface area contributed by atoms with E-state index in [2.05, 4.69) is 11.2 Å². The molecular weight excluding hydrogens is 181 g/mol. The second kappa shape index (κ2) is 5.25. The summed E-state index contributed by atoms with van der Waals surface area (Å²) in [6, 6.07) is 5.02. The highest BCUT2D eigenvalue weighted by Crippen LogP contribution is 2.19. The van der Waals surface area contributed by atoms with Crippen molar-refractivity contribution in [3.63, 3.8) is 0 Å². The Bertz CT molecular complexity index is 344. The minimum absolute atomic E-state index is 0.255. The second-order valence-corrected chi connectivity index (χ2v) is 2.74. The van der Waals surface area contributed by atoms with E-state index in [-0.39, 0.29) is 11.6 Å². The van der Waals surface area contributed by atoms with Crippen molar-refractivity contribution in [3.05, 3.63) is 29.6 Å². The highest BCUT2D eigenvalue weighted by molar-refractivity contribution is 5.30. The summed E-state index contributed by atoms with van der Waals surface area (Å²) in [4.78, 5) is 0. The van der Waals surface area contributed by atoms with E-state index in [0.29, 0.717) is 18.7 Å². The fourth-order valence-electron chi connectivity index (χ4n) is 1.12. The van der Waals surface area contributed by atoms with Crippen LogP contribution in [-0.2, 0) is 6.54 Å². The summed E-state index contributed by atoms with van der Waals surface area (Å²) >= 11 is 0. The monoisotopic (exact) mass is 193 g/mol. The fraction of sp³-hybridized carbons (Fsp3) is 0.273. The Kier molecular flexibility index (Phi) is 3.96. The Morgan fingerprint density at radius 2 is 2.36 bits per heavy atom. The number of nitrogens with one attached hydrogen (secondary N) is 1. The maximum atomic E-state index is 13.5. The van der Waals surface area contributed by atoms with Crippen LogP contribution in [0.2, 0.25) is 0 Å². The van der Waals surface area contributed by atoms with Gasteiger partial charge in [-0.25, -0.2) is 4.39 Å². The average Bonchev–Trinajstić information content (AvgIpc) is 2.21. The van der Waals surface area contributed by atoms with Crippen molar-refractivity contribution in [2.24, 2.45) is 0 Å². The molecule has 1 N–H and O–H groups in total. The Morgan fingerprint density at radius 3 is 3.00 bits per heavy atom. The zero-order chi connectivity index (χ0) is 10.4. The maximum absolute atomic E-state index is 13.5. The molecule has 0 atom stereocenters. The number of rotatable bonds is 4. The van der Waals surface area contributed by atoms with Gasteiger partial charge in [-0.15, -0.1) is 6.42 Å². The average molecular weight is 193 g/mol. The molecule has 0 aliphatic rings. The molecular formula is C11H12FNO. The van der Waals surface area contributed by atoms with Crippen LogP contribution in [-0.4, -0.2) is 13.7 Å². The summed E-state index contributed by atoms with van der Waals surface area (Å²) in [5.74, 6) is 2.34. The third kappa shape index (κ3) is 2.48. The first kappa shape index (κ1) is 10.6. The van der Waals surface area contributed by atoms with Gasteiger partial charge in [0.05, 0.1) is 13.7 Å². The van der Waals surface area contributed by atoms with Crippen molar-refractivity contribution in [1.82, 2.24) is 5.32 Å². The molecule has 74 valence electrons. The number of halogens is 1. The molecule has 0 radical (unpaired) electrons. The normalized spacial score (nSPS) is 9.50. The molecule has 1 aromatic rings. The molecule has 0 fully saturated rings. The van der Waals surface area contributed by atoms with Crippen molar-refractivity contribution >= 4 is 0 Å². The lowest BCUT2D eigenvalue weighted by Gasteiger charge is -2.06. The first-order chi connectivity index (χ1) is 6.79. The van der Waals surface area contributed by atoms with Gasteiger partial charge in [-0.2, -0.15) is 0 Å². The molecule has 0 aliphatic carbocycles. The molecule has 0 heterocycles. The van der Waals surface area contributed by atoms with Gasteiger partial charge in [0.25, 0.3) is 0 Å². The highest BCUT2D eigenvalue weighted by atomic mass is 19.1. The zero-order valence-corrected chi connectivity index (χ0v) is 8.01. The first-order valence-electron chi connectivity index (χ1n) is 4.25. The van der Waals surface area contributed by atoms with Gasteiger partial charge < -0.3 is 10.1 Å². The molecule has 3 heteroatoms. The van der Waals surface area contributed by atoms with Gasteiger partial charge in [-0.05, 0) is 6.07 Å². The summed E-state index contributed by atoms with van der Waals surface area (Å²) in [5, 5.41) is 2.91. The lowest BCUT2D eigenvalue weighted by atomic mass is 10.2. The van der Waals surface area contributed by atoms with Crippen molar-refractivity contribution in [1.29, 1.82) is 0 Å². The van der Waals surface area contributed by atoms with Crippen LogP contribution in [0.4, 0.5) is 4.39 Å². The zero-order valence-electron chi connectivity index (χ0n) is 8.01. The van der Waals surface area contributed by atoms with Crippen LogP contribution in [0, 0.1) is 18.2 Å². The van der Waals surface area contributed by atoms with Gasteiger partial charge in [-0.3, -0.25) is 0 Å². The molecule has 0 unspecified atom stereocenters. The quantitative estimate of drug-likeness (QED) is 0.578. The van der Waals surface area contributed by atoms with Gasteiger partial charge in [0.1, 0.15) is 0 Å². The second-order valence-electron chi connectivity index (χ2n) is 2.74. The largest absolute Gasteiger partial charge is 0.494 e. The maximum Gasteiger partial charge on any atom is 0.169 e. The summed E-state index contributed by atoms with van der Waals surface area (Å²) in [5.41, 5.74) is 0.555. The van der Waals surface area contributed by atoms with Crippen LogP contribution >= 0.6 is 0 Å². The highest BCUT2D eigenvalue weighted by Gasteiger charge is 2.06. The Labute approximate surface area is 83.1 Å².